The molecular weight excluding hydrogens is 374 g/mol. The number of halogens is 1. The Labute approximate surface area is 166 Å². The largest absolute Gasteiger partial charge is 0.340 e. The van der Waals surface area contributed by atoms with Gasteiger partial charge in [0.05, 0.1) is 11.4 Å². The van der Waals surface area contributed by atoms with E-state index in [1.54, 1.807) is 30.3 Å². The predicted molar refractivity (Wildman–Crippen MR) is 110 cm³/mol. The van der Waals surface area contributed by atoms with Gasteiger partial charge in [-0.15, -0.1) is 0 Å². The minimum absolute atomic E-state index is 0.165. The molecule has 0 fully saturated rings. The molecule has 0 bridgehead atoms. The van der Waals surface area contributed by atoms with Crippen LogP contribution in [0.3, 0.4) is 0 Å². The van der Waals surface area contributed by atoms with Crippen LogP contribution in [0.5, 0.6) is 0 Å². The zero-order chi connectivity index (χ0) is 19.5. The second kappa shape index (κ2) is 7.66. The highest BCUT2D eigenvalue weighted by molar-refractivity contribution is 6.30. The molecule has 1 heterocycles. The quantitative estimate of drug-likeness (QED) is 0.552. The molecule has 4 rings (SSSR count). The monoisotopic (exact) mass is 389 g/mol. The van der Waals surface area contributed by atoms with E-state index in [-0.39, 0.29) is 17.2 Å². The minimum Gasteiger partial charge on any atom is -0.340 e. The molecule has 0 saturated heterocycles. The van der Waals surface area contributed by atoms with Crippen LogP contribution in [0.1, 0.15) is 27.7 Å². The number of aromatic nitrogens is 2. The Morgan fingerprint density at radius 3 is 2.32 bits per heavy atom. The van der Waals surface area contributed by atoms with Crippen LogP contribution < -0.4 is 10.9 Å². The molecule has 4 aromatic rings. The molecule has 138 valence electrons. The lowest BCUT2D eigenvalue weighted by molar-refractivity contribution is 0.0938. The van der Waals surface area contributed by atoms with Crippen molar-refractivity contribution in [2.45, 2.75) is 6.04 Å². The van der Waals surface area contributed by atoms with Crippen molar-refractivity contribution in [1.82, 2.24) is 15.5 Å². The number of aromatic amines is 1. The third-order valence-electron chi connectivity index (χ3n) is 4.50. The van der Waals surface area contributed by atoms with Crippen molar-refractivity contribution in [3.05, 3.63) is 111 Å². The molecule has 0 radical (unpaired) electrons. The second-order valence-electron chi connectivity index (χ2n) is 6.32. The van der Waals surface area contributed by atoms with E-state index in [0.29, 0.717) is 15.8 Å². The Bertz CT molecular complexity index is 1210. The van der Waals surface area contributed by atoms with Gasteiger partial charge in [-0.25, -0.2) is 5.10 Å². The SMILES string of the molecule is O=C(NC(c1ccccc1)c1cccc(Cl)c1)c1n[nH]c(=O)c2ccccc12. The molecule has 1 aromatic heterocycles. The number of nitrogens with one attached hydrogen (secondary N) is 2. The van der Waals surface area contributed by atoms with Gasteiger partial charge in [-0.3, -0.25) is 9.59 Å². The predicted octanol–water partition coefficient (Wildman–Crippen LogP) is 4.10. The fourth-order valence-electron chi connectivity index (χ4n) is 3.18. The average Bonchev–Trinajstić information content (AvgIpc) is 2.73. The zero-order valence-electron chi connectivity index (χ0n) is 14.7. The highest BCUT2D eigenvalue weighted by Gasteiger charge is 2.21. The van der Waals surface area contributed by atoms with E-state index in [1.165, 1.54) is 0 Å². The van der Waals surface area contributed by atoms with Crippen molar-refractivity contribution in [3.63, 3.8) is 0 Å². The van der Waals surface area contributed by atoms with Gasteiger partial charge in [0, 0.05) is 10.4 Å². The molecule has 1 atom stereocenters. The fourth-order valence-corrected chi connectivity index (χ4v) is 3.38. The molecule has 28 heavy (non-hydrogen) atoms. The molecular formula is C22H16ClN3O2. The van der Waals surface area contributed by atoms with E-state index < -0.39 is 6.04 Å². The molecule has 0 aliphatic rings. The third kappa shape index (κ3) is 3.52. The van der Waals surface area contributed by atoms with Crippen LogP contribution in [0.2, 0.25) is 5.02 Å². The number of carbonyl (C=O) groups is 1. The number of H-pyrrole nitrogens is 1. The van der Waals surface area contributed by atoms with Crippen molar-refractivity contribution in [2.24, 2.45) is 0 Å². The van der Waals surface area contributed by atoms with Gasteiger partial charge in [0.2, 0.25) is 0 Å². The van der Waals surface area contributed by atoms with Gasteiger partial charge in [0.1, 0.15) is 0 Å². The van der Waals surface area contributed by atoms with Crippen molar-refractivity contribution < 1.29 is 4.79 Å². The Morgan fingerprint density at radius 1 is 0.893 bits per heavy atom. The molecule has 0 saturated carbocycles. The van der Waals surface area contributed by atoms with Crippen molar-refractivity contribution in [3.8, 4) is 0 Å². The summed E-state index contributed by atoms with van der Waals surface area (Å²) in [6.45, 7) is 0. The van der Waals surface area contributed by atoms with Crippen LogP contribution in [0.15, 0.2) is 83.7 Å². The maximum Gasteiger partial charge on any atom is 0.273 e. The first-order valence-corrected chi connectivity index (χ1v) is 9.10. The lowest BCUT2D eigenvalue weighted by Crippen LogP contribution is -2.31. The zero-order valence-corrected chi connectivity index (χ0v) is 15.5. The molecule has 0 spiro atoms. The highest BCUT2D eigenvalue weighted by atomic mass is 35.5. The first kappa shape index (κ1) is 17.9. The Kier molecular flexibility index (Phi) is 4.91. The molecule has 2 N–H and O–H groups in total. The molecule has 1 unspecified atom stereocenters. The normalized spacial score (nSPS) is 11.9. The van der Waals surface area contributed by atoms with Gasteiger partial charge >= 0.3 is 0 Å². The number of carbonyl (C=O) groups excluding carboxylic acids is 1. The lowest BCUT2D eigenvalue weighted by atomic mass is 9.98. The van der Waals surface area contributed by atoms with Gasteiger partial charge in [-0.05, 0) is 29.3 Å². The minimum atomic E-state index is -0.417. The second-order valence-corrected chi connectivity index (χ2v) is 6.76. The molecule has 6 heteroatoms. The number of hydrogen-bond acceptors (Lipinski definition) is 3. The average molecular weight is 390 g/mol. The summed E-state index contributed by atoms with van der Waals surface area (Å²) in [7, 11) is 0. The number of rotatable bonds is 4. The van der Waals surface area contributed by atoms with Gasteiger partial charge in [0.25, 0.3) is 11.5 Å². The maximum atomic E-state index is 13.1. The first-order valence-electron chi connectivity index (χ1n) is 8.72. The summed E-state index contributed by atoms with van der Waals surface area (Å²) in [5.41, 5.74) is 1.59. The van der Waals surface area contributed by atoms with E-state index >= 15 is 0 Å². The third-order valence-corrected chi connectivity index (χ3v) is 4.74. The van der Waals surface area contributed by atoms with Gasteiger partial charge in [-0.2, -0.15) is 5.10 Å². The Hall–Kier alpha value is -3.44. The molecule has 5 nitrogen and oxygen atoms in total. The van der Waals surface area contributed by atoms with E-state index in [9.17, 15) is 9.59 Å². The summed E-state index contributed by atoms with van der Waals surface area (Å²) in [4.78, 5) is 25.1. The molecule has 0 aliphatic carbocycles. The lowest BCUT2D eigenvalue weighted by Gasteiger charge is -2.20. The van der Waals surface area contributed by atoms with Gasteiger partial charge in [0.15, 0.2) is 5.69 Å². The number of fused-ring (bicyclic) bond motifs is 1. The fraction of sp³-hybridized carbons (Fsp3) is 0.0455. The number of amides is 1. The van der Waals surface area contributed by atoms with E-state index in [0.717, 1.165) is 11.1 Å². The molecule has 3 aromatic carbocycles. The number of benzene rings is 3. The smallest absolute Gasteiger partial charge is 0.273 e. The van der Waals surface area contributed by atoms with Crippen molar-refractivity contribution >= 4 is 28.3 Å². The van der Waals surface area contributed by atoms with Crippen LogP contribution in [-0.4, -0.2) is 16.1 Å². The Morgan fingerprint density at radius 2 is 1.57 bits per heavy atom. The number of nitrogens with zero attached hydrogens (tertiary/aromatic N) is 1. The Balaban J connectivity index is 1.77. The molecule has 0 aliphatic heterocycles. The summed E-state index contributed by atoms with van der Waals surface area (Å²) in [6.07, 6.45) is 0. The summed E-state index contributed by atoms with van der Waals surface area (Å²) in [5, 5.41) is 10.9. The van der Waals surface area contributed by atoms with E-state index in [1.807, 2.05) is 48.5 Å². The van der Waals surface area contributed by atoms with Crippen LogP contribution in [0.4, 0.5) is 0 Å². The first-order chi connectivity index (χ1) is 13.6. The van der Waals surface area contributed by atoms with Crippen molar-refractivity contribution in [1.29, 1.82) is 0 Å². The van der Waals surface area contributed by atoms with Crippen molar-refractivity contribution in [2.75, 3.05) is 0 Å². The van der Waals surface area contributed by atoms with E-state index in [2.05, 4.69) is 15.5 Å². The van der Waals surface area contributed by atoms with Crippen LogP contribution in [0.25, 0.3) is 10.8 Å². The summed E-state index contributed by atoms with van der Waals surface area (Å²) >= 11 is 6.16. The summed E-state index contributed by atoms with van der Waals surface area (Å²) < 4.78 is 0. The molecule has 1 amide bonds. The summed E-state index contributed by atoms with van der Waals surface area (Å²) in [6, 6.07) is 23.4. The van der Waals surface area contributed by atoms with Crippen LogP contribution >= 0.6 is 11.6 Å². The highest BCUT2D eigenvalue weighted by Crippen LogP contribution is 2.25. The van der Waals surface area contributed by atoms with Gasteiger partial charge in [-0.1, -0.05) is 72.3 Å². The van der Waals surface area contributed by atoms with Crippen LogP contribution in [-0.2, 0) is 0 Å². The van der Waals surface area contributed by atoms with Gasteiger partial charge < -0.3 is 5.32 Å². The topological polar surface area (TPSA) is 74.8 Å². The number of hydrogen-bond donors (Lipinski definition) is 2. The van der Waals surface area contributed by atoms with Crippen LogP contribution in [0, 0.1) is 0 Å². The maximum absolute atomic E-state index is 13.1. The standard InChI is InChI=1S/C22H16ClN3O2/c23-16-10-6-9-15(13-16)19(14-7-2-1-3-8-14)24-22(28)20-17-11-4-5-12-18(17)21(27)26-25-20/h1-13,19H,(H,24,28)(H,26,27). The van der Waals surface area contributed by atoms with E-state index in [4.69, 9.17) is 11.6 Å². The summed E-state index contributed by atoms with van der Waals surface area (Å²) in [5.74, 6) is -0.388.